The summed E-state index contributed by atoms with van der Waals surface area (Å²) in [5, 5.41) is 3.39. The molecule has 15 heavy (non-hydrogen) atoms. The molecule has 0 fully saturated rings. The van der Waals surface area contributed by atoms with Crippen LogP contribution in [0.5, 0.6) is 0 Å². The van der Waals surface area contributed by atoms with Crippen molar-refractivity contribution in [3.63, 3.8) is 0 Å². The Labute approximate surface area is 102 Å². The van der Waals surface area contributed by atoms with Gasteiger partial charge in [-0.05, 0) is 31.8 Å². The highest BCUT2D eigenvalue weighted by molar-refractivity contribution is 14.2. The van der Waals surface area contributed by atoms with Crippen LogP contribution in [0.25, 0.3) is 0 Å². The highest BCUT2D eigenvalue weighted by atomic mass is 127. The van der Waals surface area contributed by atoms with Crippen molar-refractivity contribution in [1.29, 1.82) is 0 Å². The fraction of sp³-hybridized carbons (Fsp3) is 0.583. The normalized spacial score (nSPS) is 22.7. The number of hydrogen-bond acceptors (Lipinski definition) is 1. The molecule has 0 bridgehead atoms. The van der Waals surface area contributed by atoms with Gasteiger partial charge in [-0.2, -0.15) is 0 Å². The maximum Gasteiger partial charge on any atom is 0.150 e. The van der Waals surface area contributed by atoms with Crippen molar-refractivity contribution >= 4 is 24.5 Å². The molecule has 0 aromatic heterocycles. The number of allylic oxidation sites excluding steroid dienone is 4. The first-order chi connectivity index (χ1) is 7.22. The van der Waals surface area contributed by atoms with Crippen LogP contribution in [0.15, 0.2) is 23.9 Å². The molecule has 0 unspecified atom stereocenters. The predicted octanol–water partition coefficient (Wildman–Crippen LogP) is 3.54. The Morgan fingerprint density at radius 1 is 1.73 bits per heavy atom. The van der Waals surface area contributed by atoms with Crippen LogP contribution in [0.2, 0.25) is 0 Å². The molecule has 0 heterocycles. The van der Waals surface area contributed by atoms with Gasteiger partial charge in [-0.3, -0.25) is 0 Å². The smallest absolute Gasteiger partial charge is 0.150 e. The first-order valence-electron chi connectivity index (χ1n) is 5.41. The Kier molecular flexibility index (Phi) is 6.13. The van der Waals surface area contributed by atoms with Crippen molar-refractivity contribution in [2.75, 3.05) is 11.0 Å². The summed E-state index contributed by atoms with van der Waals surface area (Å²) < 4.78 is 14.1. The van der Waals surface area contributed by atoms with E-state index in [2.05, 4.69) is 18.3 Å². The lowest BCUT2D eigenvalue weighted by Gasteiger charge is -2.03. The van der Waals surface area contributed by atoms with E-state index in [-0.39, 0.29) is 3.76 Å². The van der Waals surface area contributed by atoms with Gasteiger partial charge in [-0.15, -0.1) is 0 Å². The van der Waals surface area contributed by atoms with Gasteiger partial charge in [0, 0.05) is 16.7 Å². The van der Waals surface area contributed by atoms with Crippen LogP contribution in [0.1, 0.15) is 26.7 Å². The molecule has 0 spiro atoms. The van der Waals surface area contributed by atoms with E-state index in [0.717, 1.165) is 11.0 Å². The van der Waals surface area contributed by atoms with Crippen LogP contribution in [-0.4, -0.2) is 14.7 Å². The molecule has 3 heteroatoms. The van der Waals surface area contributed by atoms with Crippen molar-refractivity contribution in [1.82, 2.24) is 5.32 Å². The zero-order valence-electron chi connectivity index (χ0n) is 9.39. The topological polar surface area (TPSA) is 12.0 Å². The largest absolute Gasteiger partial charge is 0.388 e. The fourth-order valence-corrected chi connectivity index (χ4v) is 3.22. The Morgan fingerprint density at radius 2 is 2.53 bits per heavy atom. The van der Waals surface area contributed by atoms with Gasteiger partial charge in [-0.1, -0.05) is 39.8 Å². The lowest BCUT2D eigenvalue weighted by Crippen LogP contribution is -2.14. The summed E-state index contributed by atoms with van der Waals surface area (Å²) in [6, 6.07) is 0. The molecule has 0 radical (unpaired) electrons. The number of alkyl halides is 1. The quantitative estimate of drug-likeness (QED) is 0.464. The Morgan fingerprint density at radius 3 is 3.13 bits per heavy atom. The second kappa shape index (κ2) is 7.14. The number of hydrogen-bond donors (Lipinski definition) is 1. The summed E-state index contributed by atoms with van der Waals surface area (Å²) >= 11 is -0.404. The lowest BCUT2D eigenvalue weighted by atomic mass is 10.2. The Hall–Kier alpha value is -0.190. The standard InChI is InChI=1S/C12H19FIN/c1-3-4-12(13)14-7-8-15-11-6-5-10(2)9-11/h3-4,9-10,15H,5-8H2,1-2H3/b4-3-/t10-/m1/s1. The third kappa shape index (κ3) is 5.44. The summed E-state index contributed by atoms with van der Waals surface area (Å²) in [5.74, 6) is 0.716. The molecule has 1 rings (SSSR count). The van der Waals surface area contributed by atoms with Gasteiger partial charge in [0.2, 0.25) is 0 Å². The molecular weight excluding hydrogens is 304 g/mol. The zero-order chi connectivity index (χ0) is 11.1. The van der Waals surface area contributed by atoms with Crippen LogP contribution in [0.3, 0.4) is 0 Å². The summed E-state index contributed by atoms with van der Waals surface area (Å²) in [6.45, 7) is 5.02. The minimum absolute atomic E-state index is 0.0897. The number of rotatable bonds is 5. The van der Waals surface area contributed by atoms with Gasteiger partial charge in [0.15, 0.2) is 3.76 Å². The maximum atomic E-state index is 13.0. The van der Waals surface area contributed by atoms with E-state index in [1.807, 2.05) is 6.92 Å². The number of nitrogens with one attached hydrogen (secondary N) is 1. The maximum absolute atomic E-state index is 13.0. The molecule has 0 saturated carbocycles. The summed E-state index contributed by atoms with van der Waals surface area (Å²) in [6.07, 6.45) is 8.08. The molecular formula is C12H19FIN. The van der Waals surface area contributed by atoms with Crippen LogP contribution < -0.4 is 5.32 Å². The average Bonchev–Trinajstić information content (AvgIpc) is 2.60. The molecule has 1 aliphatic rings. The van der Waals surface area contributed by atoms with E-state index < -0.39 is 20.7 Å². The summed E-state index contributed by atoms with van der Waals surface area (Å²) in [5.41, 5.74) is 1.36. The molecule has 0 aromatic carbocycles. The van der Waals surface area contributed by atoms with Crippen LogP contribution in [0.4, 0.5) is 4.39 Å². The van der Waals surface area contributed by atoms with E-state index in [0.29, 0.717) is 5.92 Å². The van der Waals surface area contributed by atoms with Gasteiger partial charge in [0.25, 0.3) is 0 Å². The second-order valence-electron chi connectivity index (χ2n) is 3.75. The Balaban J connectivity index is 2.17. The molecule has 0 aliphatic heterocycles. The van der Waals surface area contributed by atoms with Crippen molar-refractivity contribution in [2.45, 2.75) is 26.7 Å². The molecule has 1 N–H and O–H groups in total. The molecule has 1 aliphatic carbocycles. The Bertz CT molecular complexity index is 281. The average molecular weight is 323 g/mol. The van der Waals surface area contributed by atoms with E-state index >= 15 is 0 Å². The third-order valence-corrected chi connectivity index (χ3v) is 4.48. The van der Waals surface area contributed by atoms with E-state index in [1.54, 1.807) is 12.2 Å². The molecule has 86 valence electrons. The number of halogens is 2. The highest BCUT2D eigenvalue weighted by Crippen LogP contribution is 2.21. The van der Waals surface area contributed by atoms with E-state index in [1.165, 1.54) is 18.5 Å². The van der Waals surface area contributed by atoms with Gasteiger partial charge >= 0.3 is 0 Å². The molecule has 0 saturated heterocycles. The summed E-state index contributed by atoms with van der Waals surface area (Å²) in [4.78, 5) is 0. The SMILES string of the molecule is C/C=C\C(F)=ICCNC1=C[C@H](C)CC1. The minimum Gasteiger partial charge on any atom is -0.388 e. The lowest BCUT2D eigenvalue weighted by molar-refractivity contribution is 0.688. The van der Waals surface area contributed by atoms with Crippen LogP contribution in [0, 0.1) is 5.92 Å². The molecule has 1 atom stereocenters. The molecule has 0 amide bonds. The minimum atomic E-state index is -0.404. The molecule has 0 aromatic rings. The van der Waals surface area contributed by atoms with E-state index in [4.69, 9.17) is 0 Å². The fourth-order valence-electron chi connectivity index (χ4n) is 1.56. The van der Waals surface area contributed by atoms with Crippen molar-refractivity contribution in [3.8, 4) is 0 Å². The monoisotopic (exact) mass is 323 g/mol. The predicted molar refractivity (Wildman–Crippen MR) is 74.3 cm³/mol. The first-order valence-corrected chi connectivity index (χ1v) is 8.01. The zero-order valence-corrected chi connectivity index (χ0v) is 11.6. The van der Waals surface area contributed by atoms with Crippen molar-refractivity contribution in [2.24, 2.45) is 5.92 Å². The van der Waals surface area contributed by atoms with Crippen molar-refractivity contribution < 1.29 is 4.39 Å². The van der Waals surface area contributed by atoms with Gasteiger partial charge in [-0.25, -0.2) is 4.39 Å². The second-order valence-corrected chi connectivity index (χ2v) is 6.62. The third-order valence-electron chi connectivity index (χ3n) is 2.32. The van der Waals surface area contributed by atoms with Crippen molar-refractivity contribution in [3.05, 3.63) is 23.9 Å². The first kappa shape index (κ1) is 12.9. The van der Waals surface area contributed by atoms with Gasteiger partial charge in [0.05, 0.1) is 0 Å². The van der Waals surface area contributed by atoms with Gasteiger partial charge in [0.1, 0.15) is 0 Å². The van der Waals surface area contributed by atoms with Gasteiger partial charge < -0.3 is 5.32 Å². The van der Waals surface area contributed by atoms with Crippen LogP contribution >= 0.6 is 20.7 Å². The molecule has 1 nitrogen and oxygen atoms in total. The van der Waals surface area contributed by atoms with E-state index in [9.17, 15) is 4.39 Å². The summed E-state index contributed by atoms with van der Waals surface area (Å²) in [7, 11) is 0. The van der Waals surface area contributed by atoms with Crippen LogP contribution in [-0.2, 0) is 0 Å². The highest BCUT2D eigenvalue weighted by Gasteiger charge is 2.09.